The number of rotatable bonds is 3. The molecule has 0 N–H and O–H groups in total. The third kappa shape index (κ3) is 3.30. The van der Waals surface area contributed by atoms with Crippen LogP contribution < -0.4 is 9.47 Å². The molecule has 2 amide bonds. The van der Waals surface area contributed by atoms with Crippen molar-refractivity contribution >= 4 is 6.03 Å². The summed E-state index contributed by atoms with van der Waals surface area (Å²) in [6.45, 7) is 10.3. The number of carbonyl (C=O) groups is 1. The van der Waals surface area contributed by atoms with E-state index in [1.807, 2.05) is 15.9 Å². The third-order valence-electron chi connectivity index (χ3n) is 4.97. The number of amides is 2. The maximum Gasteiger partial charge on any atom is 0.320 e. The van der Waals surface area contributed by atoms with Gasteiger partial charge in [-0.2, -0.15) is 0 Å². The van der Waals surface area contributed by atoms with E-state index in [-0.39, 0.29) is 18.1 Å². The zero-order valence-corrected chi connectivity index (χ0v) is 15.1. The Morgan fingerprint density at radius 1 is 1.08 bits per heavy atom. The van der Waals surface area contributed by atoms with Gasteiger partial charge in [-0.15, -0.1) is 0 Å². The predicted octanol–water partition coefficient (Wildman–Crippen LogP) is 3.83. The molecule has 0 aliphatic carbocycles. The molecule has 0 aromatic heterocycles. The van der Waals surface area contributed by atoms with Crippen LogP contribution in [-0.4, -0.2) is 47.8 Å². The lowest BCUT2D eigenvalue weighted by atomic mass is 9.89. The summed E-state index contributed by atoms with van der Waals surface area (Å²) >= 11 is 0. The number of likely N-dealkylation sites (tertiary alicyclic amines) is 1. The highest BCUT2D eigenvalue weighted by Gasteiger charge is 2.30. The van der Waals surface area contributed by atoms with Gasteiger partial charge in [-0.25, -0.2) is 4.79 Å². The number of urea groups is 1. The molecule has 5 nitrogen and oxygen atoms in total. The van der Waals surface area contributed by atoms with Crippen LogP contribution >= 0.6 is 0 Å². The quantitative estimate of drug-likeness (QED) is 0.845. The number of ether oxygens (including phenoxy) is 2. The summed E-state index contributed by atoms with van der Waals surface area (Å²) in [5, 5.41) is 0. The molecule has 1 fully saturated rings. The van der Waals surface area contributed by atoms with Crippen LogP contribution in [0.25, 0.3) is 0 Å². The Morgan fingerprint density at radius 2 is 1.71 bits per heavy atom. The average Bonchev–Trinajstić information content (AvgIpc) is 3.01. The number of piperidine rings is 1. The number of hydrogen-bond acceptors (Lipinski definition) is 3. The normalized spacial score (nSPS) is 17.7. The van der Waals surface area contributed by atoms with E-state index < -0.39 is 0 Å². The van der Waals surface area contributed by atoms with Crippen molar-refractivity contribution in [2.75, 3.05) is 19.9 Å². The Hall–Kier alpha value is -1.91. The van der Waals surface area contributed by atoms with E-state index in [2.05, 4.69) is 39.8 Å². The smallest absolute Gasteiger partial charge is 0.320 e. The second-order valence-corrected chi connectivity index (χ2v) is 7.25. The zero-order chi connectivity index (χ0) is 17.3. The number of hydrogen-bond donors (Lipinski definition) is 0. The molecule has 3 rings (SSSR count). The molecule has 24 heavy (non-hydrogen) atoms. The van der Waals surface area contributed by atoms with E-state index in [1.165, 1.54) is 5.56 Å². The summed E-state index contributed by atoms with van der Waals surface area (Å²) < 4.78 is 10.9. The Balaban J connectivity index is 1.62. The summed E-state index contributed by atoms with van der Waals surface area (Å²) in [6.07, 6.45) is 1.99. The molecule has 132 valence electrons. The van der Waals surface area contributed by atoms with Crippen LogP contribution in [0.1, 0.15) is 52.0 Å². The van der Waals surface area contributed by atoms with Gasteiger partial charge < -0.3 is 19.3 Å². The van der Waals surface area contributed by atoms with E-state index in [0.717, 1.165) is 37.4 Å². The summed E-state index contributed by atoms with van der Waals surface area (Å²) in [5.41, 5.74) is 1.29. The monoisotopic (exact) mass is 332 g/mol. The summed E-state index contributed by atoms with van der Waals surface area (Å²) in [4.78, 5) is 16.8. The number of benzene rings is 1. The molecule has 0 spiro atoms. The first-order chi connectivity index (χ1) is 11.5. The van der Waals surface area contributed by atoms with Gasteiger partial charge in [-0.1, -0.05) is 6.07 Å². The van der Waals surface area contributed by atoms with E-state index in [4.69, 9.17) is 9.47 Å². The average molecular weight is 332 g/mol. The lowest BCUT2D eigenvalue weighted by Crippen LogP contribution is -2.51. The van der Waals surface area contributed by atoms with Crippen LogP contribution in [0.3, 0.4) is 0 Å². The second kappa shape index (κ2) is 6.91. The molecular weight excluding hydrogens is 304 g/mol. The van der Waals surface area contributed by atoms with E-state index in [0.29, 0.717) is 12.7 Å². The number of carbonyl (C=O) groups excluding carboxylic acids is 1. The first-order valence-corrected chi connectivity index (χ1v) is 8.94. The Morgan fingerprint density at radius 3 is 2.33 bits per heavy atom. The van der Waals surface area contributed by atoms with Gasteiger partial charge in [0.15, 0.2) is 11.5 Å². The molecule has 1 aromatic rings. The van der Waals surface area contributed by atoms with Crippen molar-refractivity contribution in [3.05, 3.63) is 23.8 Å². The molecule has 0 unspecified atom stereocenters. The van der Waals surface area contributed by atoms with Crippen LogP contribution in [0.5, 0.6) is 11.5 Å². The highest BCUT2D eigenvalue weighted by molar-refractivity contribution is 5.75. The Kier molecular flexibility index (Phi) is 4.88. The fraction of sp³-hybridized carbons (Fsp3) is 0.632. The maximum absolute atomic E-state index is 12.8. The molecular formula is C19H28N2O3. The van der Waals surface area contributed by atoms with Crippen LogP contribution in [0, 0.1) is 0 Å². The van der Waals surface area contributed by atoms with Crippen LogP contribution in [-0.2, 0) is 0 Å². The van der Waals surface area contributed by atoms with Crippen molar-refractivity contribution in [1.82, 2.24) is 9.80 Å². The van der Waals surface area contributed by atoms with E-state index in [1.54, 1.807) is 0 Å². The van der Waals surface area contributed by atoms with Crippen molar-refractivity contribution in [3.63, 3.8) is 0 Å². The predicted molar refractivity (Wildman–Crippen MR) is 93.6 cm³/mol. The van der Waals surface area contributed by atoms with Crippen molar-refractivity contribution in [2.24, 2.45) is 0 Å². The minimum absolute atomic E-state index is 0.170. The van der Waals surface area contributed by atoms with Crippen LogP contribution in [0.15, 0.2) is 18.2 Å². The maximum atomic E-state index is 12.8. The molecule has 2 aliphatic rings. The topological polar surface area (TPSA) is 42.0 Å². The lowest BCUT2D eigenvalue weighted by Gasteiger charge is -2.39. The first kappa shape index (κ1) is 16.9. The van der Waals surface area contributed by atoms with Gasteiger partial charge in [0.25, 0.3) is 0 Å². The lowest BCUT2D eigenvalue weighted by molar-refractivity contribution is 0.114. The Bertz CT molecular complexity index is 584. The molecule has 0 bridgehead atoms. The molecule has 0 saturated carbocycles. The fourth-order valence-corrected chi connectivity index (χ4v) is 3.77. The van der Waals surface area contributed by atoms with Crippen molar-refractivity contribution in [1.29, 1.82) is 0 Å². The van der Waals surface area contributed by atoms with Gasteiger partial charge in [-0.05, 0) is 64.2 Å². The van der Waals surface area contributed by atoms with Gasteiger partial charge in [0.1, 0.15) is 0 Å². The van der Waals surface area contributed by atoms with Gasteiger partial charge in [0.2, 0.25) is 6.79 Å². The fourth-order valence-electron chi connectivity index (χ4n) is 3.77. The van der Waals surface area contributed by atoms with Crippen molar-refractivity contribution in [2.45, 2.75) is 58.5 Å². The molecule has 0 atom stereocenters. The second-order valence-electron chi connectivity index (χ2n) is 7.25. The summed E-state index contributed by atoms with van der Waals surface area (Å²) in [6, 6.07) is 6.84. The molecule has 2 heterocycles. The first-order valence-electron chi connectivity index (χ1n) is 8.94. The Labute approximate surface area is 144 Å². The van der Waals surface area contributed by atoms with Crippen LogP contribution in [0.4, 0.5) is 4.79 Å². The van der Waals surface area contributed by atoms with Gasteiger partial charge in [0, 0.05) is 25.2 Å². The highest BCUT2D eigenvalue weighted by atomic mass is 16.7. The van der Waals surface area contributed by atoms with Gasteiger partial charge >= 0.3 is 6.03 Å². The number of fused-ring (bicyclic) bond motifs is 1. The minimum Gasteiger partial charge on any atom is -0.454 e. The molecule has 0 radical (unpaired) electrons. The highest BCUT2D eigenvalue weighted by Crippen LogP contribution is 2.37. The van der Waals surface area contributed by atoms with E-state index >= 15 is 0 Å². The van der Waals surface area contributed by atoms with Crippen molar-refractivity contribution in [3.8, 4) is 11.5 Å². The minimum atomic E-state index is 0.170. The third-order valence-corrected chi connectivity index (χ3v) is 4.97. The van der Waals surface area contributed by atoms with E-state index in [9.17, 15) is 4.79 Å². The van der Waals surface area contributed by atoms with Crippen molar-refractivity contribution < 1.29 is 14.3 Å². The van der Waals surface area contributed by atoms with Gasteiger partial charge in [0.05, 0.1) is 0 Å². The zero-order valence-electron chi connectivity index (χ0n) is 15.1. The van der Waals surface area contributed by atoms with Crippen LogP contribution in [0.2, 0.25) is 0 Å². The number of nitrogens with zero attached hydrogens (tertiary/aromatic N) is 2. The molecule has 1 saturated heterocycles. The molecule has 2 aliphatic heterocycles. The largest absolute Gasteiger partial charge is 0.454 e. The SMILES string of the molecule is CC(C)N(C(=O)N1CCC(c2ccc3c(c2)OCO3)CC1)C(C)C. The molecule has 1 aromatic carbocycles. The summed E-state index contributed by atoms with van der Waals surface area (Å²) in [5.74, 6) is 2.16. The standard InChI is InChI=1S/C19H28N2O3/c1-13(2)21(14(3)4)19(22)20-9-7-15(8-10-20)16-5-6-17-18(11-16)24-12-23-17/h5-6,11,13-15H,7-10,12H2,1-4H3. The summed E-state index contributed by atoms with van der Waals surface area (Å²) in [7, 11) is 0. The molecule has 5 heteroatoms. The van der Waals surface area contributed by atoms with Gasteiger partial charge in [-0.3, -0.25) is 0 Å².